The Morgan fingerprint density at radius 2 is 1.67 bits per heavy atom. The first-order valence-electron chi connectivity index (χ1n) is 5.70. The largest absolute Gasteiger partial charge is 0.478 e. The Morgan fingerprint density at radius 3 is 2.33 bits per heavy atom. The van der Waals surface area contributed by atoms with Gasteiger partial charge in [0, 0.05) is 5.69 Å². The number of carboxylic acid groups (broad SMARTS) is 1. The smallest absolute Gasteiger partial charge is 0.338 e. The lowest BCUT2D eigenvalue weighted by Crippen LogP contribution is -2.05. The lowest BCUT2D eigenvalue weighted by atomic mass is 9.93. The molecule has 0 unspecified atom stereocenters. The fourth-order valence-electron chi connectivity index (χ4n) is 2.08. The summed E-state index contributed by atoms with van der Waals surface area (Å²) in [5.74, 6) is -0.996. The molecule has 2 aromatic rings. The maximum Gasteiger partial charge on any atom is 0.338 e. The molecule has 0 atom stereocenters. The maximum atomic E-state index is 11.3. The number of nitrogen functional groups attached to an aromatic ring is 1. The van der Waals surface area contributed by atoms with E-state index in [9.17, 15) is 9.90 Å². The summed E-state index contributed by atoms with van der Waals surface area (Å²) in [7, 11) is 0. The summed E-state index contributed by atoms with van der Waals surface area (Å²) < 4.78 is 0. The number of hydrogen-bond acceptors (Lipinski definition) is 2. The first-order chi connectivity index (χ1) is 8.52. The average molecular weight is 241 g/mol. The third-order valence-corrected chi connectivity index (χ3v) is 3.21. The van der Waals surface area contributed by atoms with Gasteiger partial charge in [0.15, 0.2) is 0 Å². The van der Waals surface area contributed by atoms with Gasteiger partial charge in [-0.05, 0) is 42.2 Å². The van der Waals surface area contributed by atoms with Gasteiger partial charge in [0.2, 0.25) is 0 Å². The van der Waals surface area contributed by atoms with Gasteiger partial charge in [-0.25, -0.2) is 4.79 Å². The Kier molecular flexibility index (Phi) is 3.06. The third-order valence-electron chi connectivity index (χ3n) is 3.21. The Bertz CT molecular complexity index is 618. The van der Waals surface area contributed by atoms with Crippen LogP contribution in [-0.4, -0.2) is 11.1 Å². The highest BCUT2D eigenvalue weighted by molar-refractivity contribution is 6.01. The highest BCUT2D eigenvalue weighted by Crippen LogP contribution is 2.31. The molecule has 0 saturated heterocycles. The van der Waals surface area contributed by atoms with Gasteiger partial charge >= 0.3 is 5.97 Å². The summed E-state index contributed by atoms with van der Waals surface area (Å²) in [5, 5.41) is 9.29. The summed E-state index contributed by atoms with van der Waals surface area (Å²) in [6, 6.07) is 11.0. The van der Waals surface area contributed by atoms with E-state index in [2.05, 4.69) is 0 Å². The molecular weight excluding hydrogens is 226 g/mol. The summed E-state index contributed by atoms with van der Waals surface area (Å²) in [6.45, 7) is 3.99. The zero-order valence-electron chi connectivity index (χ0n) is 10.4. The molecule has 0 radical (unpaired) electrons. The van der Waals surface area contributed by atoms with Crippen molar-refractivity contribution >= 4 is 11.7 Å². The highest BCUT2D eigenvalue weighted by atomic mass is 16.4. The highest BCUT2D eigenvalue weighted by Gasteiger charge is 2.16. The molecule has 3 heteroatoms. The van der Waals surface area contributed by atoms with Crippen molar-refractivity contribution in [1.82, 2.24) is 0 Å². The molecule has 0 amide bonds. The number of aryl methyl sites for hydroxylation is 1. The van der Waals surface area contributed by atoms with Crippen molar-refractivity contribution in [3.63, 3.8) is 0 Å². The summed E-state index contributed by atoms with van der Waals surface area (Å²) in [5.41, 5.74) is 10.0. The van der Waals surface area contributed by atoms with Crippen LogP contribution in [-0.2, 0) is 0 Å². The molecule has 0 saturated carbocycles. The van der Waals surface area contributed by atoms with Crippen LogP contribution < -0.4 is 5.73 Å². The zero-order valence-corrected chi connectivity index (χ0v) is 10.4. The Hall–Kier alpha value is -2.29. The normalized spacial score (nSPS) is 10.3. The fraction of sp³-hybridized carbons (Fsp3) is 0.133. The number of hydrogen-bond donors (Lipinski definition) is 2. The van der Waals surface area contributed by atoms with Crippen molar-refractivity contribution in [1.29, 1.82) is 0 Å². The quantitative estimate of drug-likeness (QED) is 0.793. The monoisotopic (exact) mass is 241 g/mol. The van der Waals surface area contributed by atoms with E-state index in [1.54, 1.807) is 18.2 Å². The van der Waals surface area contributed by atoms with Gasteiger partial charge in [-0.1, -0.05) is 30.3 Å². The van der Waals surface area contributed by atoms with E-state index >= 15 is 0 Å². The van der Waals surface area contributed by atoms with E-state index in [0.717, 1.165) is 16.7 Å². The van der Waals surface area contributed by atoms with E-state index in [4.69, 9.17) is 5.73 Å². The number of carboxylic acids is 1. The minimum Gasteiger partial charge on any atom is -0.478 e. The van der Waals surface area contributed by atoms with Crippen LogP contribution in [0, 0.1) is 13.8 Å². The summed E-state index contributed by atoms with van der Waals surface area (Å²) in [6.07, 6.45) is 0. The number of carbonyl (C=O) groups is 1. The van der Waals surface area contributed by atoms with E-state index in [1.165, 1.54) is 0 Å². The molecule has 0 heterocycles. The van der Waals surface area contributed by atoms with Crippen molar-refractivity contribution in [3.8, 4) is 11.1 Å². The van der Waals surface area contributed by atoms with Gasteiger partial charge in [-0.15, -0.1) is 0 Å². The molecule has 18 heavy (non-hydrogen) atoms. The molecule has 0 fully saturated rings. The van der Waals surface area contributed by atoms with E-state index < -0.39 is 5.97 Å². The minimum atomic E-state index is -0.996. The second-order valence-corrected chi connectivity index (χ2v) is 4.32. The van der Waals surface area contributed by atoms with Gasteiger partial charge in [0.05, 0.1) is 5.56 Å². The van der Waals surface area contributed by atoms with Gasteiger partial charge < -0.3 is 10.8 Å². The molecule has 0 aliphatic carbocycles. The van der Waals surface area contributed by atoms with Crippen LogP contribution >= 0.6 is 0 Å². The van der Waals surface area contributed by atoms with Gasteiger partial charge in [-0.2, -0.15) is 0 Å². The summed E-state index contributed by atoms with van der Waals surface area (Å²) in [4.78, 5) is 11.3. The number of aromatic carboxylic acids is 1. The van der Waals surface area contributed by atoms with Crippen molar-refractivity contribution in [2.45, 2.75) is 13.8 Å². The van der Waals surface area contributed by atoms with Crippen LogP contribution in [0.15, 0.2) is 36.4 Å². The van der Waals surface area contributed by atoms with Gasteiger partial charge in [0.1, 0.15) is 0 Å². The zero-order chi connectivity index (χ0) is 13.3. The van der Waals surface area contributed by atoms with Crippen LogP contribution in [0.3, 0.4) is 0 Å². The van der Waals surface area contributed by atoms with Crippen molar-refractivity contribution < 1.29 is 9.90 Å². The molecule has 2 aromatic carbocycles. The van der Waals surface area contributed by atoms with Crippen molar-refractivity contribution in [2.75, 3.05) is 5.73 Å². The number of benzene rings is 2. The first kappa shape index (κ1) is 12.2. The second kappa shape index (κ2) is 4.53. The Labute approximate surface area is 106 Å². The first-order valence-corrected chi connectivity index (χ1v) is 5.70. The van der Waals surface area contributed by atoms with Crippen molar-refractivity contribution in [3.05, 3.63) is 53.1 Å². The van der Waals surface area contributed by atoms with E-state index in [0.29, 0.717) is 11.3 Å². The molecule has 0 aromatic heterocycles. The van der Waals surface area contributed by atoms with Gasteiger partial charge in [-0.3, -0.25) is 0 Å². The second-order valence-electron chi connectivity index (χ2n) is 4.32. The van der Waals surface area contributed by atoms with Crippen LogP contribution in [0.4, 0.5) is 5.69 Å². The van der Waals surface area contributed by atoms with E-state index in [-0.39, 0.29) is 5.56 Å². The van der Waals surface area contributed by atoms with Gasteiger partial charge in [0.25, 0.3) is 0 Å². The molecule has 92 valence electrons. The lowest BCUT2D eigenvalue weighted by molar-refractivity contribution is 0.0699. The molecule has 0 aliphatic rings. The molecule has 0 bridgehead atoms. The molecule has 0 aliphatic heterocycles. The average Bonchev–Trinajstić information content (AvgIpc) is 2.32. The minimum absolute atomic E-state index is 0.172. The topological polar surface area (TPSA) is 63.3 Å². The number of rotatable bonds is 2. The summed E-state index contributed by atoms with van der Waals surface area (Å²) >= 11 is 0. The lowest BCUT2D eigenvalue weighted by Gasteiger charge is -2.12. The number of nitrogens with two attached hydrogens (primary N) is 1. The molecular formula is C15H15NO2. The third kappa shape index (κ3) is 1.95. The Balaban J connectivity index is 2.75. The standard InChI is InChI=1S/C15H15NO2/c1-9-5-3-6-11(10(9)2)12-7-4-8-13(16)14(12)15(17)18/h3-8H,16H2,1-2H3,(H,17,18). The predicted molar refractivity (Wildman–Crippen MR) is 72.7 cm³/mol. The van der Waals surface area contributed by atoms with E-state index in [1.807, 2.05) is 32.0 Å². The maximum absolute atomic E-state index is 11.3. The molecule has 3 N–H and O–H groups in total. The Morgan fingerprint density at radius 1 is 1.06 bits per heavy atom. The number of anilines is 1. The molecule has 0 spiro atoms. The van der Waals surface area contributed by atoms with Crippen LogP contribution in [0.1, 0.15) is 21.5 Å². The SMILES string of the molecule is Cc1cccc(-c2cccc(N)c2C(=O)O)c1C. The predicted octanol–water partition coefficient (Wildman–Crippen LogP) is 3.25. The van der Waals surface area contributed by atoms with Crippen LogP contribution in [0.2, 0.25) is 0 Å². The van der Waals surface area contributed by atoms with Crippen LogP contribution in [0.25, 0.3) is 11.1 Å². The molecule has 2 rings (SSSR count). The fourth-order valence-corrected chi connectivity index (χ4v) is 2.08. The van der Waals surface area contributed by atoms with Crippen molar-refractivity contribution in [2.24, 2.45) is 0 Å². The van der Waals surface area contributed by atoms with Crippen LogP contribution in [0.5, 0.6) is 0 Å². The molecule has 3 nitrogen and oxygen atoms in total.